The third-order valence-corrected chi connectivity index (χ3v) is 2.74. The Morgan fingerprint density at radius 2 is 2.06 bits per heavy atom. The summed E-state index contributed by atoms with van der Waals surface area (Å²) >= 11 is 0. The molecule has 0 aliphatic carbocycles. The Bertz CT molecular complexity index is 528. The summed E-state index contributed by atoms with van der Waals surface area (Å²) in [6, 6.07) is 3.34. The predicted octanol–water partition coefficient (Wildman–Crippen LogP) is 3.55. The Morgan fingerprint density at radius 3 is 2.65 bits per heavy atom. The third-order valence-electron chi connectivity index (χ3n) is 2.74. The summed E-state index contributed by atoms with van der Waals surface area (Å²) in [5.41, 5.74) is 0.277. The first kappa shape index (κ1) is 12.0. The summed E-state index contributed by atoms with van der Waals surface area (Å²) in [6.07, 6.45) is -2.98. The normalized spacial score (nSPS) is 14.2. The topological polar surface area (TPSA) is 33.4 Å². The van der Waals surface area contributed by atoms with Crippen LogP contribution in [0.2, 0.25) is 0 Å². The van der Waals surface area contributed by atoms with Crippen LogP contribution in [0, 0.1) is 0 Å². The van der Waals surface area contributed by atoms with E-state index in [-0.39, 0.29) is 12.5 Å². The molecule has 1 heterocycles. The van der Waals surface area contributed by atoms with Gasteiger partial charge in [-0.15, -0.1) is 0 Å². The number of aliphatic hydroxyl groups excluding tert-OH is 1. The number of hydrogen-bond donors (Lipinski definition) is 1. The fourth-order valence-corrected chi connectivity index (χ4v) is 1.71. The third kappa shape index (κ3) is 2.15. The lowest BCUT2D eigenvalue weighted by Gasteiger charge is -2.08. The quantitative estimate of drug-likeness (QED) is 0.876. The summed E-state index contributed by atoms with van der Waals surface area (Å²) in [4.78, 5) is 0. The van der Waals surface area contributed by atoms with Crippen LogP contribution in [0.3, 0.4) is 0 Å². The van der Waals surface area contributed by atoms with Gasteiger partial charge < -0.3 is 9.52 Å². The van der Waals surface area contributed by atoms with E-state index in [0.29, 0.717) is 16.5 Å². The van der Waals surface area contributed by atoms with Crippen LogP contribution in [0.15, 0.2) is 28.9 Å². The molecule has 1 aromatic carbocycles. The lowest BCUT2D eigenvalue weighted by molar-refractivity contribution is -0.137. The highest BCUT2D eigenvalue weighted by molar-refractivity contribution is 5.82. The van der Waals surface area contributed by atoms with E-state index in [4.69, 9.17) is 9.52 Å². The standard InChI is InChI=1S/C12H11F3O2/c1-7(5-16)10-6-17-11-3-2-8(4-9(10)11)12(13,14)15/h2-4,6-7,16H,5H2,1H3. The summed E-state index contributed by atoms with van der Waals surface area (Å²) in [6.45, 7) is 1.59. The van der Waals surface area contributed by atoms with E-state index in [1.807, 2.05) is 0 Å². The molecular formula is C12H11F3O2. The first-order chi connectivity index (χ1) is 7.93. The Labute approximate surface area is 95.7 Å². The summed E-state index contributed by atoms with van der Waals surface area (Å²) in [5.74, 6) is -0.250. The molecule has 1 atom stereocenters. The molecule has 2 nitrogen and oxygen atoms in total. The van der Waals surface area contributed by atoms with Crippen LogP contribution in [0.5, 0.6) is 0 Å². The molecule has 0 amide bonds. The average Bonchev–Trinajstić information content (AvgIpc) is 2.69. The molecule has 5 heteroatoms. The van der Waals surface area contributed by atoms with Gasteiger partial charge in [-0.2, -0.15) is 13.2 Å². The number of halogens is 3. The van der Waals surface area contributed by atoms with Crippen LogP contribution in [-0.2, 0) is 6.18 Å². The molecule has 1 unspecified atom stereocenters. The van der Waals surface area contributed by atoms with Crippen LogP contribution in [0.4, 0.5) is 13.2 Å². The molecule has 0 aliphatic rings. The van der Waals surface area contributed by atoms with Gasteiger partial charge in [0.15, 0.2) is 0 Å². The zero-order valence-electron chi connectivity index (χ0n) is 9.08. The molecule has 0 radical (unpaired) electrons. The van der Waals surface area contributed by atoms with Crippen LogP contribution in [0.1, 0.15) is 24.0 Å². The number of rotatable bonds is 2. The number of benzene rings is 1. The molecule has 1 N–H and O–H groups in total. The van der Waals surface area contributed by atoms with Crippen molar-refractivity contribution >= 4 is 11.0 Å². The van der Waals surface area contributed by atoms with Crippen LogP contribution in [0.25, 0.3) is 11.0 Å². The molecule has 0 saturated heterocycles. The second-order valence-electron chi connectivity index (χ2n) is 3.98. The molecule has 0 saturated carbocycles. The van der Waals surface area contributed by atoms with E-state index in [1.54, 1.807) is 6.92 Å². The molecule has 2 aromatic rings. The highest BCUT2D eigenvalue weighted by Crippen LogP contribution is 2.34. The van der Waals surface area contributed by atoms with Crippen molar-refractivity contribution < 1.29 is 22.7 Å². The van der Waals surface area contributed by atoms with Crippen molar-refractivity contribution in [2.24, 2.45) is 0 Å². The fraction of sp³-hybridized carbons (Fsp3) is 0.333. The molecular weight excluding hydrogens is 233 g/mol. The Kier molecular flexibility index (Phi) is 2.87. The second-order valence-corrected chi connectivity index (χ2v) is 3.98. The summed E-state index contributed by atoms with van der Waals surface area (Å²) < 4.78 is 42.8. The minimum Gasteiger partial charge on any atom is -0.464 e. The van der Waals surface area contributed by atoms with Crippen LogP contribution < -0.4 is 0 Å². The fourth-order valence-electron chi connectivity index (χ4n) is 1.71. The molecule has 1 aromatic heterocycles. The van der Waals surface area contributed by atoms with Gasteiger partial charge in [0.2, 0.25) is 0 Å². The van der Waals surface area contributed by atoms with Crippen molar-refractivity contribution in [3.05, 3.63) is 35.6 Å². The maximum atomic E-state index is 12.6. The highest BCUT2D eigenvalue weighted by Gasteiger charge is 2.31. The molecule has 0 aliphatic heterocycles. The number of aliphatic hydroxyl groups is 1. The minimum atomic E-state index is -4.37. The first-order valence-electron chi connectivity index (χ1n) is 5.12. The van der Waals surface area contributed by atoms with Crippen molar-refractivity contribution in [3.8, 4) is 0 Å². The number of furan rings is 1. The SMILES string of the molecule is CC(CO)c1coc2ccc(C(F)(F)F)cc12. The van der Waals surface area contributed by atoms with Gasteiger partial charge in [-0.1, -0.05) is 6.92 Å². The lowest BCUT2D eigenvalue weighted by Crippen LogP contribution is -2.04. The van der Waals surface area contributed by atoms with E-state index in [1.165, 1.54) is 12.3 Å². The number of hydrogen-bond acceptors (Lipinski definition) is 2. The van der Waals surface area contributed by atoms with Gasteiger partial charge in [0.1, 0.15) is 5.58 Å². The van der Waals surface area contributed by atoms with E-state index in [9.17, 15) is 13.2 Å². The van der Waals surface area contributed by atoms with Crippen molar-refractivity contribution in [2.45, 2.75) is 19.0 Å². The zero-order valence-corrected chi connectivity index (χ0v) is 9.08. The largest absolute Gasteiger partial charge is 0.464 e. The maximum absolute atomic E-state index is 12.6. The summed E-state index contributed by atoms with van der Waals surface area (Å²) in [5, 5.41) is 9.44. The van der Waals surface area contributed by atoms with Crippen molar-refractivity contribution in [1.82, 2.24) is 0 Å². The first-order valence-corrected chi connectivity index (χ1v) is 5.12. The predicted molar refractivity (Wildman–Crippen MR) is 56.7 cm³/mol. The smallest absolute Gasteiger partial charge is 0.416 e. The van der Waals surface area contributed by atoms with E-state index in [2.05, 4.69) is 0 Å². The number of alkyl halides is 3. The molecule has 0 spiro atoms. The maximum Gasteiger partial charge on any atom is 0.416 e. The van der Waals surface area contributed by atoms with Gasteiger partial charge >= 0.3 is 6.18 Å². The molecule has 0 fully saturated rings. The Morgan fingerprint density at radius 1 is 1.35 bits per heavy atom. The van der Waals surface area contributed by atoms with E-state index >= 15 is 0 Å². The lowest BCUT2D eigenvalue weighted by atomic mass is 10.00. The van der Waals surface area contributed by atoms with Gasteiger partial charge in [-0.05, 0) is 18.2 Å². The second kappa shape index (κ2) is 4.07. The Hall–Kier alpha value is -1.49. The van der Waals surface area contributed by atoms with E-state index < -0.39 is 11.7 Å². The van der Waals surface area contributed by atoms with Crippen molar-refractivity contribution in [2.75, 3.05) is 6.61 Å². The highest BCUT2D eigenvalue weighted by atomic mass is 19.4. The molecule has 2 rings (SSSR count). The van der Waals surface area contributed by atoms with Crippen molar-refractivity contribution in [3.63, 3.8) is 0 Å². The van der Waals surface area contributed by atoms with Crippen molar-refractivity contribution in [1.29, 1.82) is 0 Å². The average molecular weight is 244 g/mol. The minimum absolute atomic E-state index is 0.134. The molecule has 92 valence electrons. The van der Waals surface area contributed by atoms with Gasteiger partial charge in [-0.25, -0.2) is 0 Å². The monoisotopic (exact) mass is 244 g/mol. The van der Waals surface area contributed by atoms with E-state index in [0.717, 1.165) is 12.1 Å². The van der Waals surface area contributed by atoms with Gasteiger partial charge in [0, 0.05) is 23.5 Å². The Balaban J connectivity index is 2.58. The van der Waals surface area contributed by atoms with Crippen LogP contribution >= 0.6 is 0 Å². The molecule has 17 heavy (non-hydrogen) atoms. The zero-order chi connectivity index (χ0) is 12.6. The van der Waals surface area contributed by atoms with Crippen LogP contribution in [-0.4, -0.2) is 11.7 Å². The van der Waals surface area contributed by atoms with Gasteiger partial charge in [0.25, 0.3) is 0 Å². The summed E-state index contributed by atoms with van der Waals surface area (Å²) in [7, 11) is 0. The van der Waals surface area contributed by atoms with Gasteiger partial charge in [-0.3, -0.25) is 0 Å². The number of fused-ring (bicyclic) bond motifs is 1. The van der Waals surface area contributed by atoms with Gasteiger partial charge in [0.05, 0.1) is 11.8 Å². The molecule has 0 bridgehead atoms.